The number of para-hydroxylation sites is 2. The van der Waals surface area contributed by atoms with E-state index in [2.05, 4.69) is 10.6 Å². The Balaban J connectivity index is 2.24. The van der Waals surface area contributed by atoms with Gasteiger partial charge in [-0.3, -0.25) is 9.59 Å². The van der Waals surface area contributed by atoms with Crippen molar-refractivity contribution in [1.82, 2.24) is 15.5 Å². The molecular weight excluding hydrogens is 286 g/mol. The maximum Gasteiger partial charge on any atom is 0.258 e. The minimum Gasteiger partial charge on any atom is -0.493 e. The summed E-state index contributed by atoms with van der Waals surface area (Å²) in [6.07, 6.45) is 0. The summed E-state index contributed by atoms with van der Waals surface area (Å²) in [7, 11) is 5.37. The molecule has 7 nitrogen and oxygen atoms in total. The van der Waals surface area contributed by atoms with Gasteiger partial charge < -0.3 is 25.0 Å². The molecule has 0 aliphatic heterocycles. The van der Waals surface area contributed by atoms with Gasteiger partial charge in [0.1, 0.15) is 0 Å². The molecule has 0 radical (unpaired) electrons. The Morgan fingerprint density at radius 3 is 2.41 bits per heavy atom. The minimum absolute atomic E-state index is 0.0679. The first-order valence-corrected chi connectivity index (χ1v) is 6.97. The van der Waals surface area contributed by atoms with Crippen molar-refractivity contribution in [3.63, 3.8) is 0 Å². The molecule has 1 rings (SSSR count). The highest BCUT2D eigenvalue weighted by atomic mass is 16.5. The van der Waals surface area contributed by atoms with Crippen molar-refractivity contribution in [3.05, 3.63) is 24.3 Å². The second kappa shape index (κ2) is 9.62. The first-order valence-electron chi connectivity index (χ1n) is 6.97. The fourth-order valence-corrected chi connectivity index (χ4v) is 1.59. The molecule has 0 atom stereocenters. The summed E-state index contributed by atoms with van der Waals surface area (Å²) in [5.41, 5.74) is 0. The average molecular weight is 309 g/mol. The molecule has 0 aromatic heterocycles. The SMILES string of the molecule is COc1ccccc1OCC(=O)NCC(=O)NCCN(C)C. The number of hydrogen-bond donors (Lipinski definition) is 2. The van der Waals surface area contributed by atoms with Gasteiger partial charge >= 0.3 is 0 Å². The normalized spacial score (nSPS) is 10.2. The van der Waals surface area contributed by atoms with Crippen LogP contribution in [0.2, 0.25) is 0 Å². The van der Waals surface area contributed by atoms with Gasteiger partial charge in [0.15, 0.2) is 18.1 Å². The van der Waals surface area contributed by atoms with E-state index in [1.807, 2.05) is 25.1 Å². The molecule has 2 N–H and O–H groups in total. The van der Waals surface area contributed by atoms with Gasteiger partial charge in [0.05, 0.1) is 13.7 Å². The third kappa shape index (κ3) is 6.94. The lowest BCUT2D eigenvalue weighted by Gasteiger charge is -2.12. The number of rotatable bonds is 9. The van der Waals surface area contributed by atoms with E-state index in [0.29, 0.717) is 18.0 Å². The Kier molecular flexibility index (Phi) is 7.77. The van der Waals surface area contributed by atoms with Crippen LogP contribution in [0.5, 0.6) is 11.5 Å². The van der Waals surface area contributed by atoms with Crippen molar-refractivity contribution >= 4 is 11.8 Å². The fraction of sp³-hybridized carbons (Fsp3) is 0.467. The molecule has 0 bridgehead atoms. The predicted molar refractivity (Wildman–Crippen MR) is 83.1 cm³/mol. The summed E-state index contributed by atoms with van der Waals surface area (Å²) in [6, 6.07) is 7.04. The van der Waals surface area contributed by atoms with Crippen LogP contribution in [0.1, 0.15) is 0 Å². The van der Waals surface area contributed by atoms with Gasteiger partial charge in [0.25, 0.3) is 5.91 Å². The number of hydrogen-bond acceptors (Lipinski definition) is 5. The Bertz CT molecular complexity index is 491. The Morgan fingerprint density at radius 1 is 1.09 bits per heavy atom. The minimum atomic E-state index is -0.367. The van der Waals surface area contributed by atoms with Crippen molar-refractivity contribution in [2.45, 2.75) is 0 Å². The quantitative estimate of drug-likeness (QED) is 0.664. The number of methoxy groups -OCH3 is 1. The highest BCUT2D eigenvalue weighted by molar-refractivity contribution is 5.85. The Morgan fingerprint density at radius 2 is 1.77 bits per heavy atom. The zero-order valence-corrected chi connectivity index (χ0v) is 13.2. The molecule has 0 spiro atoms. The first-order chi connectivity index (χ1) is 10.5. The number of amides is 2. The fourth-order valence-electron chi connectivity index (χ4n) is 1.59. The van der Waals surface area contributed by atoms with Gasteiger partial charge in [-0.2, -0.15) is 0 Å². The summed E-state index contributed by atoms with van der Waals surface area (Å²) < 4.78 is 10.5. The van der Waals surface area contributed by atoms with Gasteiger partial charge in [-0.05, 0) is 26.2 Å². The van der Waals surface area contributed by atoms with Crippen LogP contribution in [0.4, 0.5) is 0 Å². The maximum absolute atomic E-state index is 11.6. The number of likely N-dealkylation sites (N-methyl/N-ethyl adjacent to an activating group) is 1. The molecule has 1 aromatic rings. The molecule has 0 saturated heterocycles. The molecule has 7 heteroatoms. The molecule has 0 saturated carbocycles. The topological polar surface area (TPSA) is 79.9 Å². The Hall–Kier alpha value is -2.28. The summed E-state index contributed by atoms with van der Waals surface area (Å²) in [6.45, 7) is 1.04. The molecule has 0 fully saturated rings. The second-order valence-electron chi connectivity index (χ2n) is 4.87. The van der Waals surface area contributed by atoms with Crippen LogP contribution in [0.15, 0.2) is 24.3 Å². The lowest BCUT2D eigenvalue weighted by molar-refractivity contribution is -0.127. The largest absolute Gasteiger partial charge is 0.493 e. The smallest absolute Gasteiger partial charge is 0.258 e. The van der Waals surface area contributed by atoms with Gasteiger partial charge in [-0.25, -0.2) is 0 Å². The van der Waals surface area contributed by atoms with Crippen molar-refractivity contribution in [1.29, 1.82) is 0 Å². The summed E-state index contributed by atoms with van der Waals surface area (Å²) >= 11 is 0. The van der Waals surface area contributed by atoms with Gasteiger partial charge in [0, 0.05) is 13.1 Å². The molecule has 22 heavy (non-hydrogen) atoms. The number of nitrogens with zero attached hydrogens (tertiary/aromatic N) is 1. The van der Waals surface area contributed by atoms with Gasteiger partial charge in [-0.1, -0.05) is 12.1 Å². The van der Waals surface area contributed by atoms with E-state index in [0.717, 1.165) is 6.54 Å². The monoisotopic (exact) mass is 309 g/mol. The van der Waals surface area contributed by atoms with Gasteiger partial charge in [-0.15, -0.1) is 0 Å². The van der Waals surface area contributed by atoms with Crippen molar-refractivity contribution in [2.24, 2.45) is 0 Å². The van der Waals surface area contributed by atoms with Crippen LogP contribution >= 0.6 is 0 Å². The number of benzene rings is 1. The number of ether oxygens (including phenoxy) is 2. The van der Waals surface area contributed by atoms with E-state index in [1.54, 1.807) is 18.2 Å². The standard InChI is InChI=1S/C15H23N3O4/c1-18(2)9-8-16-14(19)10-17-15(20)11-22-13-7-5-4-6-12(13)21-3/h4-7H,8-11H2,1-3H3,(H,16,19)(H,17,20). The highest BCUT2D eigenvalue weighted by Crippen LogP contribution is 2.25. The van der Waals surface area contributed by atoms with E-state index in [-0.39, 0.29) is 25.0 Å². The van der Waals surface area contributed by atoms with Crippen LogP contribution in [0.25, 0.3) is 0 Å². The molecule has 0 aliphatic carbocycles. The van der Waals surface area contributed by atoms with E-state index in [1.165, 1.54) is 7.11 Å². The van der Waals surface area contributed by atoms with E-state index >= 15 is 0 Å². The summed E-state index contributed by atoms with van der Waals surface area (Å²) in [5, 5.41) is 5.20. The van der Waals surface area contributed by atoms with Crippen molar-refractivity contribution in [2.75, 3.05) is 47.4 Å². The van der Waals surface area contributed by atoms with Crippen molar-refractivity contribution in [3.8, 4) is 11.5 Å². The summed E-state index contributed by atoms with van der Waals surface area (Å²) in [5.74, 6) is 0.438. The van der Waals surface area contributed by atoms with Crippen LogP contribution in [0, 0.1) is 0 Å². The van der Waals surface area contributed by atoms with Crippen LogP contribution < -0.4 is 20.1 Å². The van der Waals surface area contributed by atoms with Gasteiger partial charge in [0.2, 0.25) is 5.91 Å². The van der Waals surface area contributed by atoms with E-state index in [4.69, 9.17) is 9.47 Å². The molecule has 0 heterocycles. The summed E-state index contributed by atoms with van der Waals surface area (Å²) in [4.78, 5) is 25.1. The number of carbonyl (C=O) groups excluding carboxylic acids is 2. The first kappa shape index (κ1) is 17.8. The number of nitrogens with one attached hydrogen (secondary N) is 2. The van der Waals surface area contributed by atoms with Crippen LogP contribution in [-0.2, 0) is 9.59 Å². The Labute approximate surface area is 130 Å². The third-order valence-corrected chi connectivity index (χ3v) is 2.76. The molecule has 2 amide bonds. The van der Waals surface area contributed by atoms with E-state index < -0.39 is 0 Å². The van der Waals surface area contributed by atoms with Crippen LogP contribution in [0.3, 0.4) is 0 Å². The van der Waals surface area contributed by atoms with E-state index in [9.17, 15) is 9.59 Å². The second-order valence-corrected chi connectivity index (χ2v) is 4.87. The number of carbonyl (C=O) groups is 2. The molecule has 1 aromatic carbocycles. The zero-order chi connectivity index (χ0) is 16.4. The third-order valence-electron chi connectivity index (χ3n) is 2.76. The predicted octanol–water partition coefficient (Wildman–Crippen LogP) is -0.132. The average Bonchev–Trinajstić information content (AvgIpc) is 2.50. The molecule has 0 unspecified atom stereocenters. The lowest BCUT2D eigenvalue weighted by atomic mass is 10.3. The molecule has 122 valence electrons. The lowest BCUT2D eigenvalue weighted by Crippen LogP contribution is -2.40. The highest BCUT2D eigenvalue weighted by Gasteiger charge is 2.08. The zero-order valence-electron chi connectivity index (χ0n) is 13.2. The maximum atomic E-state index is 11.6. The van der Waals surface area contributed by atoms with Crippen molar-refractivity contribution < 1.29 is 19.1 Å². The molecule has 0 aliphatic rings. The molecular formula is C15H23N3O4. The van der Waals surface area contributed by atoms with Crippen LogP contribution in [-0.4, -0.2) is 64.2 Å².